The van der Waals surface area contributed by atoms with E-state index in [1.165, 1.54) is 30.3 Å². The quantitative estimate of drug-likeness (QED) is 0.298. The Morgan fingerprint density at radius 1 is 1.15 bits per heavy atom. The highest BCUT2D eigenvalue weighted by atomic mass is 19.4. The molecule has 0 saturated heterocycles. The van der Waals surface area contributed by atoms with Gasteiger partial charge >= 0.3 is 6.18 Å². The van der Waals surface area contributed by atoms with Crippen LogP contribution in [0.5, 0.6) is 0 Å². The van der Waals surface area contributed by atoms with Crippen molar-refractivity contribution < 1.29 is 36.8 Å². The van der Waals surface area contributed by atoms with Crippen LogP contribution in [0.4, 0.5) is 17.6 Å². The highest BCUT2D eigenvalue weighted by Gasteiger charge is 2.40. The van der Waals surface area contributed by atoms with Crippen molar-refractivity contribution in [3.63, 3.8) is 0 Å². The number of aromatic nitrogens is 3. The number of nitrogens with zero attached hydrogens (tertiary/aromatic N) is 2. The van der Waals surface area contributed by atoms with Gasteiger partial charge in [0.2, 0.25) is 5.82 Å². The molecule has 1 unspecified atom stereocenters. The number of carbonyl (C=O) groups is 2. The topological polar surface area (TPSA) is 121 Å². The largest absolute Gasteiger partial charge is 0.454 e. The van der Waals surface area contributed by atoms with E-state index in [9.17, 15) is 32.3 Å². The number of amides is 1. The first kappa shape index (κ1) is 22.1. The van der Waals surface area contributed by atoms with Crippen LogP contribution in [0.1, 0.15) is 32.6 Å². The summed E-state index contributed by atoms with van der Waals surface area (Å²) in [6.45, 7) is -0.576. The lowest BCUT2D eigenvalue weighted by molar-refractivity contribution is -0.0884. The number of benzene rings is 2. The van der Waals surface area contributed by atoms with Crippen LogP contribution >= 0.6 is 0 Å². The number of H-pyrrole nitrogens is 1. The lowest BCUT2D eigenvalue weighted by Gasteiger charge is -2.12. The van der Waals surface area contributed by atoms with Crippen LogP contribution in [0.25, 0.3) is 22.3 Å². The van der Waals surface area contributed by atoms with Crippen molar-refractivity contribution in [1.82, 2.24) is 20.4 Å². The summed E-state index contributed by atoms with van der Waals surface area (Å²) in [6, 6.07) is 7.84. The van der Waals surface area contributed by atoms with E-state index in [2.05, 4.69) is 20.4 Å². The summed E-state index contributed by atoms with van der Waals surface area (Å²) in [5, 5.41) is 16.0. The zero-order valence-electron chi connectivity index (χ0n) is 16.5. The van der Waals surface area contributed by atoms with Crippen LogP contribution in [0.2, 0.25) is 0 Å². The van der Waals surface area contributed by atoms with Crippen molar-refractivity contribution in [3.05, 3.63) is 71.5 Å². The molecule has 0 radical (unpaired) electrons. The van der Waals surface area contributed by atoms with Crippen molar-refractivity contribution in [2.45, 2.75) is 12.2 Å². The number of hydrogen-bond acceptors (Lipinski definition) is 6. The molecular formula is C21H14F4N4O4. The molecule has 12 heteroatoms. The number of aromatic amines is 1. The fraction of sp³-hybridized carbons (Fsp3) is 0.143. The maximum absolute atomic E-state index is 13.0. The Hall–Kier alpha value is -4.06. The molecule has 0 saturated carbocycles. The summed E-state index contributed by atoms with van der Waals surface area (Å²) < 4.78 is 56.4. The summed E-state index contributed by atoms with van der Waals surface area (Å²) in [7, 11) is 0. The number of halogens is 4. The zero-order valence-corrected chi connectivity index (χ0v) is 16.5. The van der Waals surface area contributed by atoms with Crippen LogP contribution in [0.3, 0.4) is 0 Å². The predicted molar refractivity (Wildman–Crippen MR) is 106 cm³/mol. The molecule has 2 heterocycles. The molecule has 1 atom stereocenters. The van der Waals surface area contributed by atoms with Gasteiger partial charge in [-0.3, -0.25) is 9.59 Å². The standard InChI is InChI=1S/C21H14F4N4O4/c22-12-4-1-10(2-5-12)19(32)27-16(9-30)20-28-18(29-33-20)11-3-6-13-14(8-26-15(13)7-11)17(31)21(23,24)25/h1-8,16,26,30H,9H2,(H,27,32). The summed E-state index contributed by atoms with van der Waals surface area (Å²) in [4.78, 5) is 30.6. The molecule has 0 aliphatic carbocycles. The number of fused-ring (bicyclic) bond motifs is 1. The van der Waals surface area contributed by atoms with Crippen LogP contribution in [0, 0.1) is 5.82 Å². The molecule has 0 aliphatic heterocycles. The summed E-state index contributed by atoms with van der Waals surface area (Å²) in [5.74, 6) is -3.17. The average Bonchev–Trinajstić information content (AvgIpc) is 3.43. The molecule has 0 bridgehead atoms. The van der Waals surface area contributed by atoms with E-state index in [-0.39, 0.29) is 28.2 Å². The molecule has 8 nitrogen and oxygen atoms in total. The first-order valence-corrected chi connectivity index (χ1v) is 9.41. The van der Waals surface area contributed by atoms with E-state index >= 15 is 0 Å². The third kappa shape index (κ3) is 4.46. The van der Waals surface area contributed by atoms with Crippen molar-refractivity contribution >= 4 is 22.6 Å². The van der Waals surface area contributed by atoms with E-state index in [0.717, 1.165) is 18.3 Å². The fourth-order valence-electron chi connectivity index (χ4n) is 3.13. The molecule has 3 N–H and O–H groups in total. The number of carbonyl (C=O) groups excluding carboxylic acids is 2. The lowest BCUT2D eigenvalue weighted by Crippen LogP contribution is -2.31. The minimum Gasteiger partial charge on any atom is -0.394 e. The molecule has 2 aromatic heterocycles. The lowest BCUT2D eigenvalue weighted by atomic mass is 10.1. The third-order valence-electron chi connectivity index (χ3n) is 4.78. The van der Waals surface area contributed by atoms with E-state index in [0.29, 0.717) is 5.56 Å². The van der Waals surface area contributed by atoms with Gasteiger partial charge in [-0.2, -0.15) is 18.2 Å². The van der Waals surface area contributed by atoms with Crippen LogP contribution < -0.4 is 5.32 Å². The second-order valence-corrected chi connectivity index (χ2v) is 6.96. The predicted octanol–water partition coefficient (Wildman–Crippen LogP) is 3.57. The average molecular weight is 462 g/mol. The number of Topliss-reactive ketones (excluding diaryl/α,β-unsaturated/α-hetero) is 1. The van der Waals surface area contributed by atoms with E-state index < -0.39 is 41.9 Å². The van der Waals surface area contributed by atoms with Gasteiger partial charge in [0.25, 0.3) is 17.6 Å². The van der Waals surface area contributed by atoms with Gasteiger partial charge in [0.15, 0.2) is 0 Å². The maximum Gasteiger partial charge on any atom is 0.454 e. The molecule has 170 valence electrons. The highest BCUT2D eigenvalue weighted by Crippen LogP contribution is 2.29. The number of nitrogens with one attached hydrogen (secondary N) is 2. The number of alkyl halides is 3. The highest BCUT2D eigenvalue weighted by molar-refractivity contribution is 6.10. The molecule has 4 aromatic rings. The minimum atomic E-state index is -5.01. The van der Waals surface area contributed by atoms with Crippen LogP contribution in [0.15, 0.2) is 53.2 Å². The Morgan fingerprint density at radius 2 is 1.88 bits per heavy atom. The first-order chi connectivity index (χ1) is 15.7. The van der Waals surface area contributed by atoms with Gasteiger partial charge in [0, 0.05) is 28.2 Å². The van der Waals surface area contributed by atoms with E-state index in [1.807, 2.05) is 0 Å². The van der Waals surface area contributed by atoms with E-state index in [1.54, 1.807) is 0 Å². The molecule has 0 spiro atoms. The SMILES string of the molecule is O=C(NC(CO)c1nc(-c2ccc3c(C(=O)C(F)(F)F)c[nH]c3c2)no1)c1ccc(F)cc1. The Kier molecular flexibility index (Phi) is 5.68. The third-order valence-corrected chi connectivity index (χ3v) is 4.78. The van der Waals surface area contributed by atoms with Crippen molar-refractivity contribution in [3.8, 4) is 11.4 Å². The monoisotopic (exact) mass is 462 g/mol. The molecule has 4 rings (SSSR count). The minimum absolute atomic E-state index is 0.0414. The fourth-order valence-corrected chi connectivity index (χ4v) is 3.13. The van der Waals surface area contributed by atoms with Gasteiger partial charge < -0.3 is 19.9 Å². The van der Waals surface area contributed by atoms with Crippen molar-refractivity contribution in [2.75, 3.05) is 6.61 Å². The van der Waals surface area contributed by atoms with Crippen LogP contribution in [-0.4, -0.2) is 44.7 Å². The van der Waals surface area contributed by atoms with Gasteiger partial charge in [0.05, 0.1) is 12.2 Å². The molecule has 1 amide bonds. The second-order valence-electron chi connectivity index (χ2n) is 6.96. The number of aliphatic hydroxyl groups excluding tert-OH is 1. The van der Waals surface area contributed by atoms with Crippen molar-refractivity contribution in [1.29, 1.82) is 0 Å². The second kappa shape index (κ2) is 8.47. The van der Waals surface area contributed by atoms with Gasteiger partial charge in [-0.05, 0) is 30.3 Å². The number of rotatable bonds is 6. The van der Waals surface area contributed by atoms with Gasteiger partial charge in [-0.1, -0.05) is 17.3 Å². The zero-order chi connectivity index (χ0) is 23.8. The smallest absolute Gasteiger partial charge is 0.394 e. The molecule has 0 fully saturated rings. The molecular weight excluding hydrogens is 448 g/mol. The Labute approximate surface area is 182 Å². The Bertz CT molecular complexity index is 1330. The number of aliphatic hydroxyl groups is 1. The number of ketones is 1. The first-order valence-electron chi connectivity index (χ1n) is 9.41. The van der Waals surface area contributed by atoms with Gasteiger partial charge in [-0.15, -0.1) is 0 Å². The van der Waals surface area contributed by atoms with Crippen LogP contribution in [-0.2, 0) is 0 Å². The summed E-state index contributed by atoms with van der Waals surface area (Å²) in [6.07, 6.45) is -4.04. The van der Waals surface area contributed by atoms with Crippen molar-refractivity contribution in [2.24, 2.45) is 0 Å². The summed E-state index contributed by atoms with van der Waals surface area (Å²) >= 11 is 0. The molecule has 2 aromatic carbocycles. The normalized spacial score (nSPS) is 12.6. The molecule has 0 aliphatic rings. The Morgan fingerprint density at radius 3 is 2.55 bits per heavy atom. The van der Waals surface area contributed by atoms with E-state index in [4.69, 9.17) is 4.52 Å². The molecule has 33 heavy (non-hydrogen) atoms. The number of hydrogen-bond donors (Lipinski definition) is 3. The van der Waals surface area contributed by atoms with Gasteiger partial charge in [-0.25, -0.2) is 4.39 Å². The maximum atomic E-state index is 13.0. The van der Waals surface area contributed by atoms with Gasteiger partial charge in [0.1, 0.15) is 11.9 Å². The Balaban J connectivity index is 1.56. The summed E-state index contributed by atoms with van der Waals surface area (Å²) in [5.41, 5.74) is 0.236.